The first-order valence-electron chi connectivity index (χ1n) is 9.28. The van der Waals surface area contributed by atoms with Gasteiger partial charge in [0, 0.05) is 18.1 Å². The first kappa shape index (κ1) is 20.6. The molecule has 0 aromatic heterocycles. The summed E-state index contributed by atoms with van der Waals surface area (Å²) in [7, 11) is 1.63. The lowest BCUT2D eigenvalue weighted by Crippen LogP contribution is -2.20. The molecule has 3 heteroatoms. The minimum Gasteiger partial charge on any atom is -0.495 e. The summed E-state index contributed by atoms with van der Waals surface area (Å²) in [6, 6.07) is 13.8. The number of carbonyl (C=O) groups excluding carboxylic acids is 1. The van der Waals surface area contributed by atoms with Crippen molar-refractivity contribution in [2.24, 2.45) is 0 Å². The van der Waals surface area contributed by atoms with Crippen LogP contribution in [0, 0.1) is 11.8 Å². The van der Waals surface area contributed by atoms with E-state index in [0.29, 0.717) is 18.8 Å². The second-order valence-electron chi connectivity index (χ2n) is 7.30. The van der Waals surface area contributed by atoms with Gasteiger partial charge < -0.3 is 9.47 Å². The molecule has 0 saturated carbocycles. The zero-order chi connectivity index (χ0) is 19.9. The number of ketones is 1. The average molecular weight is 364 g/mol. The van der Waals surface area contributed by atoms with Crippen LogP contribution in [0.25, 0.3) is 0 Å². The number of Topliss-reactive ketones (excluding diaryl/α,β-unsaturated/α-hetero) is 1. The molecule has 27 heavy (non-hydrogen) atoms. The lowest BCUT2D eigenvalue weighted by molar-refractivity contribution is -0.118. The van der Waals surface area contributed by atoms with Crippen molar-refractivity contribution < 1.29 is 14.3 Å². The van der Waals surface area contributed by atoms with Crippen LogP contribution >= 0.6 is 0 Å². The summed E-state index contributed by atoms with van der Waals surface area (Å²) in [4.78, 5) is 11.5. The summed E-state index contributed by atoms with van der Waals surface area (Å²) in [5.41, 5.74) is 2.71. The molecule has 142 valence electrons. The summed E-state index contributed by atoms with van der Waals surface area (Å²) in [6.45, 7) is 8.56. The number of benzene rings is 2. The molecular formula is C24H28O3. The predicted molar refractivity (Wildman–Crippen MR) is 110 cm³/mol. The Hall–Kier alpha value is -2.73. The normalized spacial score (nSPS) is 10.7. The van der Waals surface area contributed by atoms with Gasteiger partial charge in [-0.3, -0.25) is 4.79 Å². The molecule has 0 unspecified atom stereocenters. The van der Waals surface area contributed by atoms with Crippen LogP contribution in [0.3, 0.4) is 0 Å². The molecular weight excluding hydrogens is 336 g/mol. The fraction of sp³-hybridized carbons (Fsp3) is 0.375. The molecule has 3 nitrogen and oxygen atoms in total. The van der Waals surface area contributed by atoms with E-state index in [0.717, 1.165) is 28.9 Å². The van der Waals surface area contributed by atoms with E-state index in [1.54, 1.807) is 14.0 Å². The minimum atomic E-state index is -0.171. The highest BCUT2D eigenvalue weighted by molar-refractivity contribution is 5.77. The Kier molecular flexibility index (Phi) is 7.07. The van der Waals surface area contributed by atoms with Crippen molar-refractivity contribution in [2.45, 2.75) is 46.0 Å². The van der Waals surface area contributed by atoms with Crippen molar-refractivity contribution in [2.75, 3.05) is 13.7 Å². The Morgan fingerprint density at radius 1 is 1.07 bits per heavy atom. The van der Waals surface area contributed by atoms with Crippen LogP contribution in [0.1, 0.15) is 57.2 Å². The van der Waals surface area contributed by atoms with Crippen LogP contribution in [-0.2, 0) is 10.2 Å². The van der Waals surface area contributed by atoms with E-state index in [4.69, 9.17) is 9.47 Å². The number of hydrogen-bond acceptors (Lipinski definition) is 3. The van der Waals surface area contributed by atoms with Crippen LogP contribution in [0.15, 0.2) is 42.5 Å². The standard InChI is InChI=1S/C24H28O3/c1-6-15-27-22-14-11-20(23(16-22)26-5)10-7-19-8-12-21(13-9-19)24(3,4)17-18(2)25/h8-9,11-14,16H,6,15,17H2,1-5H3. The van der Waals surface area contributed by atoms with Crippen molar-refractivity contribution in [3.63, 3.8) is 0 Å². The van der Waals surface area contributed by atoms with Gasteiger partial charge in [0.25, 0.3) is 0 Å². The van der Waals surface area contributed by atoms with Gasteiger partial charge in [0.2, 0.25) is 0 Å². The van der Waals surface area contributed by atoms with Gasteiger partial charge in [0.05, 0.1) is 19.3 Å². The Labute approximate surface area is 162 Å². The summed E-state index contributed by atoms with van der Waals surface area (Å²) in [5.74, 6) is 8.04. The first-order valence-corrected chi connectivity index (χ1v) is 9.28. The van der Waals surface area contributed by atoms with E-state index < -0.39 is 0 Å². The van der Waals surface area contributed by atoms with E-state index in [1.165, 1.54) is 0 Å². The average Bonchev–Trinajstić information content (AvgIpc) is 2.64. The van der Waals surface area contributed by atoms with Gasteiger partial charge in [-0.2, -0.15) is 0 Å². The summed E-state index contributed by atoms with van der Waals surface area (Å²) >= 11 is 0. The molecule has 0 radical (unpaired) electrons. The van der Waals surface area contributed by atoms with E-state index >= 15 is 0 Å². The molecule has 0 saturated heterocycles. The van der Waals surface area contributed by atoms with E-state index in [2.05, 4.69) is 32.6 Å². The Balaban J connectivity index is 2.19. The highest BCUT2D eigenvalue weighted by atomic mass is 16.5. The highest BCUT2D eigenvalue weighted by Crippen LogP contribution is 2.27. The topological polar surface area (TPSA) is 35.5 Å². The van der Waals surface area contributed by atoms with Gasteiger partial charge in [-0.1, -0.05) is 44.7 Å². The van der Waals surface area contributed by atoms with E-state index in [9.17, 15) is 4.79 Å². The zero-order valence-corrected chi connectivity index (χ0v) is 16.9. The van der Waals surface area contributed by atoms with Crippen molar-refractivity contribution in [1.29, 1.82) is 0 Å². The first-order chi connectivity index (χ1) is 12.9. The SMILES string of the molecule is CCCOc1ccc(C#Cc2ccc(C(C)(C)CC(C)=O)cc2)c(OC)c1. The molecule has 2 aromatic rings. The molecule has 0 bridgehead atoms. The number of ether oxygens (including phenoxy) is 2. The lowest BCUT2D eigenvalue weighted by atomic mass is 9.80. The van der Waals surface area contributed by atoms with Crippen LogP contribution in [0.4, 0.5) is 0 Å². The fourth-order valence-corrected chi connectivity index (χ4v) is 2.95. The number of carbonyl (C=O) groups is 1. The van der Waals surface area contributed by atoms with Crippen LogP contribution in [0.2, 0.25) is 0 Å². The van der Waals surface area contributed by atoms with Gasteiger partial charge >= 0.3 is 0 Å². The van der Waals surface area contributed by atoms with Crippen molar-refractivity contribution in [3.05, 3.63) is 59.2 Å². The summed E-state index contributed by atoms with van der Waals surface area (Å²) in [5, 5.41) is 0. The third-order valence-corrected chi connectivity index (χ3v) is 4.34. The Morgan fingerprint density at radius 2 is 1.78 bits per heavy atom. The van der Waals surface area contributed by atoms with Crippen molar-refractivity contribution in [1.82, 2.24) is 0 Å². The molecule has 0 fully saturated rings. The molecule has 2 aromatic carbocycles. The molecule has 0 amide bonds. The Morgan fingerprint density at radius 3 is 2.37 bits per heavy atom. The van der Waals surface area contributed by atoms with E-state index in [1.807, 2.05) is 42.5 Å². The fourth-order valence-electron chi connectivity index (χ4n) is 2.95. The molecule has 0 N–H and O–H groups in total. The van der Waals surface area contributed by atoms with Crippen LogP contribution < -0.4 is 9.47 Å². The van der Waals surface area contributed by atoms with Gasteiger partial charge in [-0.05, 0) is 48.6 Å². The minimum absolute atomic E-state index is 0.171. The second kappa shape index (κ2) is 9.28. The summed E-state index contributed by atoms with van der Waals surface area (Å²) < 4.78 is 11.1. The van der Waals surface area contributed by atoms with Crippen LogP contribution in [-0.4, -0.2) is 19.5 Å². The lowest BCUT2D eigenvalue weighted by Gasteiger charge is -2.23. The van der Waals surface area contributed by atoms with Crippen molar-refractivity contribution >= 4 is 5.78 Å². The van der Waals surface area contributed by atoms with Gasteiger partial charge in [0.15, 0.2) is 0 Å². The maximum Gasteiger partial charge on any atom is 0.138 e. The van der Waals surface area contributed by atoms with Gasteiger partial charge in [-0.25, -0.2) is 0 Å². The highest BCUT2D eigenvalue weighted by Gasteiger charge is 2.22. The summed E-state index contributed by atoms with van der Waals surface area (Å²) in [6.07, 6.45) is 1.49. The molecule has 0 spiro atoms. The maximum atomic E-state index is 11.5. The molecule has 0 heterocycles. The maximum absolute atomic E-state index is 11.5. The molecule has 0 atom stereocenters. The third kappa shape index (κ3) is 5.89. The zero-order valence-electron chi connectivity index (χ0n) is 16.9. The van der Waals surface area contributed by atoms with Gasteiger partial charge in [-0.15, -0.1) is 0 Å². The van der Waals surface area contributed by atoms with Gasteiger partial charge in [0.1, 0.15) is 17.3 Å². The monoisotopic (exact) mass is 364 g/mol. The smallest absolute Gasteiger partial charge is 0.138 e. The number of methoxy groups -OCH3 is 1. The Bertz CT molecular complexity index is 836. The van der Waals surface area contributed by atoms with Crippen molar-refractivity contribution in [3.8, 4) is 23.3 Å². The predicted octanol–water partition coefficient (Wildman–Crippen LogP) is 5.14. The largest absolute Gasteiger partial charge is 0.495 e. The number of hydrogen-bond donors (Lipinski definition) is 0. The third-order valence-electron chi connectivity index (χ3n) is 4.34. The molecule has 2 rings (SSSR count). The quantitative estimate of drug-likeness (QED) is 0.638. The molecule has 0 aliphatic carbocycles. The molecule has 0 aliphatic heterocycles. The second-order valence-corrected chi connectivity index (χ2v) is 7.30. The molecule has 0 aliphatic rings. The number of rotatable bonds is 7. The van der Waals surface area contributed by atoms with E-state index in [-0.39, 0.29) is 11.2 Å². The van der Waals surface area contributed by atoms with Crippen LogP contribution in [0.5, 0.6) is 11.5 Å².